The zero-order chi connectivity index (χ0) is 13.1. The van der Waals surface area contributed by atoms with Gasteiger partial charge < -0.3 is 14.9 Å². The van der Waals surface area contributed by atoms with Crippen molar-refractivity contribution in [2.45, 2.75) is 25.9 Å². The Kier molecular flexibility index (Phi) is 4.76. The normalized spacial score (nSPS) is 14.1. The summed E-state index contributed by atoms with van der Waals surface area (Å²) < 4.78 is 6.28. The number of benzene rings is 1. The Morgan fingerprint density at radius 1 is 1.53 bits per heavy atom. The van der Waals surface area contributed by atoms with Crippen LogP contribution in [0.4, 0.5) is 0 Å². The molecule has 1 atom stereocenters. The minimum Gasteiger partial charge on any atom is -0.489 e. The van der Waals surface area contributed by atoms with Crippen LogP contribution in [0.2, 0.25) is 0 Å². The van der Waals surface area contributed by atoms with Crippen LogP contribution in [-0.2, 0) is 0 Å². The molecular formula is C12H15IO4. The first-order chi connectivity index (χ1) is 7.85. The summed E-state index contributed by atoms with van der Waals surface area (Å²) in [4.78, 5) is 10.8. The largest absolute Gasteiger partial charge is 0.489 e. The van der Waals surface area contributed by atoms with E-state index in [0.717, 1.165) is 3.57 Å². The van der Waals surface area contributed by atoms with E-state index < -0.39 is 11.6 Å². The summed E-state index contributed by atoms with van der Waals surface area (Å²) in [6.07, 6.45) is 0.572. The summed E-state index contributed by atoms with van der Waals surface area (Å²) in [6.45, 7) is 3.69. The van der Waals surface area contributed by atoms with Crippen LogP contribution in [0, 0.1) is 3.57 Å². The van der Waals surface area contributed by atoms with Crippen molar-refractivity contribution >= 4 is 28.6 Å². The summed E-state index contributed by atoms with van der Waals surface area (Å²) in [5, 5.41) is 18.7. The SMILES string of the molecule is CCC(C)(O)COc1cc(C(=O)O)ccc1I. The fraction of sp³-hybridized carbons (Fsp3) is 0.417. The fourth-order valence-corrected chi connectivity index (χ4v) is 1.57. The monoisotopic (exact) mass is 350 g/mol. The minimum absolute atomic E-state index is 0.141. The number of hydrogen-bond donors (Lipinski definition) is 2. The number of carbonyl (C=O) groups is 1. The lowest BCUT2D eigenvalue weighted by Gasteiger charge is -2.22. The third-order valence-electron chi connectivity index (χ3n) is 2.48. The van der Waals surface area contributed by atoms with Gasteiger partial charge in [0.15, 0.2) is 0 Å². The van der Waals surface area contributed by atoms with Gasteiger partial charge in [-0.15, -0.1) is 0 Å². The highest BCUT2D eigenvalue weighted by atomic mass is 127. The number of halogens is 1. The maximum Gasteiger partial charge on any atom is 0.335 e. The van der Waals surface area contributed by atoms with Crippen LogP contribution < -0.4 is 4.74 Å². The molecule has 0 saturated heterocycles. The van der Waals surface area contributed by atoms with Gasteiger partial charge in [0.05, 0.1) is 14.7 Å². The highest BCUT2D eigenvalue weighted by Crippen LogP contribution is 2.24. The molecule has 0 fully saturated rings. The average Bonchev–Trinajstić information content (AvgIpc) is 2.27. The van der Waals surface area contributed by atoms with Crippen LogP contribution in [0.5, 0.6) is 5.75 Å². The van der Waals surface area contributed by atoms with E-state index in [4.69, 9.17) is 9.84 Å². The Morgan fingerprint density at radius 2 is 2.18 bits per heavy atom. The van der Waals surface area contributed by atoms with Crippen LogP contribution in [0.25, 0.3) is 0 Å². The predicted octanol–water partition coefficient (Wildman–Crippen LogP) is 2.53. The van der Waals surface area contributed by atoms with E-state index in [0.29, 0.717) is 12.2 Å². The quantitative estimate of drug-likeness (QED) is 0.801. The summed E-state index contributed by atoms with van der Waals surface area (Å²) in [7, 11) is 0. The van der Waals surface area contributed by atoms with Crippen LogP contribution in [-0.4, -0.2) is 28.4 Å². The predicted molar refractivity (Wildman–Crippen MR) is 72.5 cm³/mol. The van der Waals surface area contributed by atoms with Crippen molar-refractivity contribution in [3.63, 3.8) is 0 Å². The van der Waals surface area contributed by atoms with Gasteiger partial charge in [-0.3, -0.25) is 0 Å². The summed E-state index contributed by atoms with van der Waals surface area (Å²) >= 11 is 2.06. The summed E-state index contributed by atoms with van der Waals surface area (Å²) in [5.74, 6) is -0.507. The molecule has 0 radical (unpaired) electrons. The Morgan fingerprint density at radius 3 is 2.71 bits per heavy atom. The van der Waals surface area contributed by atoms with E-state index in [9.17, 15) is 9.90 Å². The lowest BCUT2D eigenvalue weighted by Crippen LogP contribution is -2.31. The van der Waals surface area contributed by atoms with E-state index in [1.807, 2.05) is 6.92 Å². The molecule has 4 nitrogen and oxygen atoms in total. The van der Waals surface area contributed by atoms with Gasteiger partial charge in [-0.2, -0.15) is 0 Å². The maximum absolute atomic E-state index is 10.8. The Hall–Kier alpha value is -0.820. The van der Waals surface area contributed by atoms with Crippen molar-refractivity contribution in [3.8, 4) is 5.75 Å². The van der Waals surface area contributed by atoms with Crippen LogP contribution in [0.15, 0.2) is 18.2 Å². The van der Waals surface area contributed by atoms with Crippen molar-refractivity contribution in [3.05, 3.63) is 27.3 Å². The van der Waals surface area contributed by atoms with E-state index in [1.165, 1.54) is 12.1 Å². The lowest BCUT2D eigenvalue weighted by molar-refractivity contribution is 0.00818. The summed E-state index contributed by atoms with van der Waals surface area (Å²) in [5.41, 5.74) is -0.723. The van der Waals surface area contributed by atoms with Crippen molar-refractivity contribution in [1.82, 2.24) is 0 Å². The molecular weight excluding hydrogens is 335 g/mol. The molecule has 0 spiro atoms. The molecule has 0 amide bonds. The number of aromatic carboxylic acids is 1. The lowest BCUT2D eigenvalue weighted by atomic mass is 10.1. The second-order valence-electron chi connectivity index (χ2n) is 4.09. The topological polar surface area (TPSA) is 66.8 Å². The van der Waals surface area contributed by atoms with Gasteiger partial charge in [0.1, 0.15) is 12.4 Å². The van der Waals surface area contributed by atoms with E-state index in [-0.39, 0.29) is 12.2 Å². The first-order valence-electron chi connectivity index (χ1n) is 5.24. The maximum atomic E-state index is 10.8. The van der Waals surface area contributed by atoms with Gasteiger partial charge in [0.25, 0.3) is 0 Å². The molecule has 17 heavy (non-hydrogen) atoms. The van der Waals surface area contributed by atoms with E-state index in [1.54, 1.807) is 13.0 Å². The highest BCUT2D eigenvalue weighted by Gasteiger charge is 2.19. The van der Waals surface area contributed by atoms with Gasteiger partial charge in [-0.05, 0) is 54.1 Å². The zero-order valence-electron chi connectivity index (χ0n) is 9.74. The molecule has 0 aromatic heterocycles. The molecule has 1 aromatic rings. The number of carboxylic acids is 1. The van der Waals surface area contributed by atoms with Crippen LogP contribution in [0.1, 0.15) is 30.6 Å². The molecule has 0 aliphatic carbocycles. The number of rotatable bonds is 5. The van der Waals surface area contributed by atoms with Gasteiger partial charge in [-0.1, -0.05) is 6.92 Å². The first kappa shape index (κ1) is 14.2. The molecule has 0 aliphatic rings. The molecule has 0 saturated carbocycles. The van der Waals surface area contributed by atoms with Crippen molar-refractivity contribution < 1.29 is 19.7 Å². The Labute approximate surface area is 114 Å². The molecule has 1 rings (SSSR count). The van der Waals surface area contributed by atoms with E-state index in [2.05, 4.69) is 22.6 Å². The number of carboxylic acid groups (broad SMARTS) is 1. The number of aliphatic hydroxyl groups is 1. The smallest absolute Gasteiger partial charge is 0.335 e. The highest BCUT2D eigenvalue weighted by molar-refractivity contribution is 14.1. The Balaban J connectivity index is 2.83. The van der Waals surface area contributed by atoms with Gasteiger partial charge in [0, 0.05) is 0 Å². The molecule has 0 heterocycles. The minimum atomic E-state index is -0.992. The van der Waals surface area contributed by atoms with E-state index >= 15 is 0 Å². The van der Waals surface area contributed by atoms with Crippen LogP contribution in [0.3, 0.4) is 0 Å². The van der Waals surface area contributed by atoms with Gasteiger partial charge in [0.2, 0.25) is 0 Å². The van der Waals surface area contributed by atoms with Crippen molar-refractivity contribution in [2.24, 2.45) is 0 Å². The molecule has 5 heteroatoms. The number of hydrogen-bond acceptors (Lipinski definition) is 3. The third kappa shape index (κ3) is 4.16. The van der Waals surface area contributed by atoms with Crippen molar-refractivity contribution in [2.75, 3.05) is 6.61 Å². The Bertz CT molecular complexity index is 415. The third-order valence-corrected chi connectivity index (χ3v) is 3.37. The standard InChI is InChI=1S/C12H15IO4/c1-3-12(2,16)7-17-10-6-8(11(14)15)4-5-9(10)13/h4-6,16H,3,7H2,1-2H3,(H,14,15). The fourth-order valence-electron chi connectivity index (χ4n) is 1.08. The second kappa shape index (κ2) is 5.68. The van der Waals surface area contributed by atoms with Gasteiger partial charge >= 0.3 is 5.97 Å². The second-order valence-corrected chi connectivity index (χ2v) is 5.25. The average molecular weight is 350 g/mol. The molecule has 1 aromatic carbocycles. The zero-order valence-corrected chi connectivity index (χ0v) is 11.9. The molecule has 94 valence electrons. The summed E-state index contributed by atoms with van der Waals surface area (Å²) in [6, 6.07) is 4.67. The molecule has 0 aliphatic heterocycles. The molecule has 2 N–H and O–H groups in total. The molecule has 1 unspecified atom stereocenters. The number of ether oxygens (including phenoxy) is 1. The molecule has 0 bridgehead atoms. The van der Waals surface area contributed by atoms with Gasteiger partial charge in [-0.25, -0.2) is 4.79 Å². The van der Waals surface area contributed by atoms with Crippen LogP contribution >= 0.6 is 22.6 Å². The first-order valence-corrected chi connectivity index (χ1v) is 6.31. The van der Waals surface area contributed by atoms with Crippen molar-refractivity contribution in [1.29, 1.82) is 0 Å².